The third-order valence-corrected chi connectivity index (χ3v) is 4.99. The third-order valence-electron chi connectivity index (χ3n) is 4.03. The highest BCUT2D eigenvalue weighted by atomic mass is 32.2. The number of carbonyl (C=O) groups excluding carboxylic acids is 1. The molecule has 0 aliphatic carbocycles. The zero-order valence-electron chi connectivity index (χ0n) is 14.2. The first kappa shape index (κ1) is 16.6. The fraction of sp³-hybridized carbons (Fsp3) is 0.150. The minimum atomic E-state index is -0.102. The van der Waals surface area contributed by atoms with Crippen LogP contribution < -0.4 is 10.1 Å². The second-order valence-corrected chi connectivity index (χ2v) is 6.75. The number of benzene rings is 2. The molecule has 5 nitrogen and oxygen atoms in total. The van der Waals surface area contributed by atoms with Gasteiger partial charge in [-0.25, -0.2) is 0 Å². The summed E-state index contributed by atoms with van der Waals surface area (Å²) in [7, 11) is 1.59. The van der Waals surface area contributed by atoms with Crippen LogP contribution in [0.2, 0.25) is 0 Å². The quantitative estimate of drug-likeness (QED) is 0.516. The van der Waals surface area contributed by atoms with Gasteiger partial charge in [0.15, 0.2) is 0 Å². The SMILES string of the molecule is COc1cc2c(cc1NC(=O)CSCc1ccco1)oc1ccccc12. The van der Waals surface area contributed by atoms with Crippen LogP contribution >= 0.6 is 11.8 Å². The number of hydrogen-bond donors (Lipinski definition) is 1. The van der Waals surface area contributed by atoms with Crippen molar-refractivity contribution in [3.63, 3.8) is 0 Å². The lowest BCUT2D eigenvalue weighted by Gasteiger charge is -2.10. The maximum Gasteiger partial charge on any atom is 0.234 e. The van der Waals surface area contributed by atoms with Crippen LogP contribution in [0.5, 0.6) is 5.75 Å². The molecule has 1 N–H and O–H groups in total. The molecule has 0 fully saturated rings. The molecule has 0 bridgehead atoms. The summed E-state index contributed by atoms with van der Waals surface area (Å²) in [6, 6.07) is 15.3. The highest BCUT2D eigenvalue weighted by Crippen LogP contribution is 2.36. The third kappa shape index (κ3) is 3.28. The van der Waals surface area contributed by atoms with Crippen molar-refractivity contribution in [2.24, 2.45) is 0 Å². The van der Waals surface area contributed by atoms with Crippen LogP contribution in [0.4, 0.5) is 5.69 Å². The zero-order valence-corrected chi connectivity index (χ0v) is 15.0. The monoisotopic (exact) mass is 367 g/mol. The number of fused-ring (bicyclic) bond motifs is 3. The van der Waals surface area contributed by atoms with E-state index in [0.29, 0.717) is 28.5 Å². The van der Waals surface area contributed by atoms with Gasteiger partial charge in [-0.2, -0.15) is 0 Å². The summed E-state index contributed by atoms with van der Waals surface area (Å²) in [6.45, 7) is 0. The van der Waals surface area contributed by atoms with Crippen molar-refractivity contribution in [1.82, 2.24) is 0 Å². The van der Waals surface area contributed by atoms with Crippen LogP contribution in [-0.4, -0.2) is 18.8 Å². The Balaban J connectivity index is 1.53. The average Bonchev–Trinajstić information content (AvgIpc) is 3.28. The summed E-state index contributed by atoms with van der Waals surface area (Å²) >= 11 is 1.49. The number of nitrogens with one attached hydrogen (secondary N) is 1. The molecule has 2 heterocycles. The van der Waals surface area contributed by atoms with E-state index in [2.05, 4.69) is 5.32 Å². The average molecular weight is 367 g/mol. The molecule has 0 aliphatic heterocycles. The van der Waals surface area contributed by atoms with E-state index in [1.807, 2.05) is 48.5 Å². The molecule has 0 radical (unpaired) electrons. The highest BCUT2D eigenvalue weighted by molar-refractivity contribution is 7.99. The first-order valence-corrected chi connectivity index (χ1v) is 9.29. The Morgan fingerprint density at radius 1 is 1.12 bits per heavy atom. The summed E-state index contributed by atoms with van der Waals surface area (Å²) in [6.07, 6.45) is 1.63. The van der Waals surface area contributed by atoms with Crippen molar-refractivity contribution < 1.29 is 18.4 Å². The van der Waals surface area contributed by atoms with Gasteiger partial charge >= 0.3 is 0 Å². The molecule has 0 unspecified atom stereocenters. The highest BCUT2D eigenvalue weighted by Gasteiger charge is 2.14. The van der Waals surface area contributed by atoms with E-state index in [1.165, 1.54) is 11.8 Å². The Morgan fingerprint density at radius 3 is 2.81 bits per heavy atom. The molecule has 2 aromatic carbocycles. The molecule has 0 saturated heterocycles. The van der Waals surface area contributed by atoms with Crippen LogP contribution in [0.15, 0.2) is 63.6 Å². The first-order chi connectivity index (χ1) is 12.7. The Bertz CT molecular complexity index is 1050. The standard InChI is InChI=1S/C20H17NO4S/c1-23-19-9-15-14-6-2-3-7-17(14)25-18(15)10-16(19)21-20(22)12-26-11-13-5-4-8-24-13/h2-10H,11-12H2,1H3,(H,21,22). The van der Waals surface area contributed by atoms with E-state index < -0.39 is 0 Å². The van der Waals surface area contributed by atoms with Gasteiger partial charge in [-0.3, -0.25) is 4.79 Å². The first-order valence-electron chi connectivity index (χ1n) is 8.14. The number of furan rings is 2. The second-order valence-electron chi connectivity index (χ2n) is 5.77. The lowest BCUT2D eigenvalue weighted by atomic mass is 10.1. The Hall–Kier alpha value is -2.86. The molecule has 0 atom stereocenters. The summed E-state index contributed by atoms with van der Waals surface area (Å²) in [5.41, 5.74) is 2.12. The van der Waals surface area contributed by atoms with Gasteiger partial charge in [-0.05, 0) is 24.3 Å². The molecule has 26 heavy (non-hydrogen) atoms. The number of carbonyl (C=O) groups is 1. The van der Waals surface area contributed by atoms with Crippen molar-refractivity contribution in [2.45, 2.75) is 5.75 Å². The van der Waals surface area contributed by atoms with Crippen molar-refractivity contribution >= 4 is 45.3 Å². The molecule has 132 valence electrons. The lowest BCUT2D eigenvalue weighted by molar-refractivity contribution is -0.113. The fourth-order valence-corrected chi connectivity index (χ4v) is 3.57. The fourth-order valence-electron chi connectivity index (χ4n) is 2.84. The summed E-state index contributed by atoms with van der Waals surface area (Å²) < 4.78 is 16.6. The molecule has 0 saturated carbocycles. The number of methoxy groups -OCH3 is 1. The Labute approximate surface area is 154 Å². The topological polar surface area (TPSA) is 64.6 Å². The molecular formula is C20H17NO4S. The second kappa shape index (κ2) is 7.17. The van der Waals surface area contributed by atoms with E-state index in [9.17, 15) is 4.79 Å². The number of amides is 1. The molecule has 4 rings (SSSR count). The van der Waals surface area contributed by atoms with E-state index in [4.69, 9.17) is 13.6 Å². The van der Waals surface area contributed by atoms with Crippen LogP contribution in [0.25, 0.3) is 21.9 Å². The number of thioether (sulfide) groups is 1. The number of para-hydroxylation sites is 1. The molecule has 0 spiro atoms. The lowest BCUT2D eigenvalue weighted by Crippen LogP contribution is -2.14. The maximum absolute atomic E-state index is 12.3. The van der Waals surface area contributed by atoms with E-state index >= 15 is 0 Å². The summed E-state index contributed by atoms with van der Waals surface area (Å²) in [5.74, 6) is 2.33. The van der Waals surface area contributed by atoms with Crippen LogP contribution in [0.3, 0.4) is 0 Å². The zero-order chi connectivity index (χ0) is 17.9. The van der Waals surface area contributed by atoms with Crippen molar-refractivity contribution in [2.75, 3.05) is 18.2 Å². The van der Waals surface area contributed by atoms with Gasteiger partial charge in [0.25, 0.3) is 0 Å². The van der Waals surface area contributed by atoms with Crippen LogP contribution in [0, 0.1) is 0 Å². The largest absolute Gasteiger partial charge is 0.495 e. The predicted octanol–water partition coefficient (Wildman–Crippen LogP) is 5.06. The number of rotatable bonds is 6. The minimum absolute atomic E-state index is 0.102. The van der Waals surface area contributed by atoms with Gasteiger partial charge in [0.2, 0.25) is 5.91 Å². The van der Waals surface area contributed by atoms with Crippen LogP contribution in [0.1, 0.15) is 5.76 Å². The molecule has 6 heteroatoms. The normalized spacial score (nSPS) is 11.1. The van der Waals surface area contributed by atoms with Crippen molar-refractivity contribution in [3.05, 3.63) is 60.6 Å². The minimum Gasteiger partial charge on any atom is -0.495 e. The summed E-state index contributed by atoms with van der Waals surface area (Å²) in [5, 5.41) is 4.88. The van der Waals surface area contributed by atoms with Gasteiger partial charge in [0, 0.05) is 16.8 Å². The Kier molecular flexibility index (Phi) is 4.58. The van der Waals surface area contributed by atoms with Gasteiger partial charge in [0.1, 0.15) is 22.7 Å². The van der Waals surface area contributed by atoms with Gasteiger partial charge in [-0.15, -0.1) is 11.8 Å². The number of ether oxygens (including phenoxy) is 1. The molecule has 0 aliphatic rings. The van der Waals surface area contributed by atoms with Gasteiger partial charge in [0.05, 0.1) is 30.6 Å². The maximum atomic E-state index is 12.3. The predicted molar refractivity (Wildman–Crippen MR) is 104 cm³/mol. The van der Waals surface area contributed by atoms with E-state index in [0.717, 1.165) is 22.1 Å². The van der Waals surface area contributed by atoms with Crippen molar-refractivity contribution in [3.8, 4) is 5.75 Å². The summed E-state index contributed by atoms with van der Waals surface area (Å²) in [4.78, 5) is 12.3. The molecule has 2 aromatic heterocycles. The van der Waals surface area contributed by atoms with E-state index in [-0.39, 0.29) is 5.91 Å². The Morgan fingerprint density at radius 2 is 2.00 bits per heavy atom. The smallest absolute Gasteiger partial charge is 0.234 e. The number of anilines is 1. The van der Waals surface area contributed by atoms with E-state index in [1.54, 1.807) is 13.4 Å². The van der Waals surface area contributed by atoms with Gasteiger partial charge < -0.3 is 18.9 Å². The van der Waals surface area contributed by atoms with Crippen molar-refractivity contribution in [1.29, 1.82) is 0 Å². The molecule has 1 amide bonds. The molecule has 4 aromatic rings. The molecular weight excluding hydrogens is 350 g/mol. The number of hydrogen-bond acceptors (Lipinski definition) is 5. The van der Waals surface area contributed by atoms with Crippen LogP contribution in [-0.2, 0) is 10.5 Å². The van der Waals surface area contributed by atoms with Gasteiger partial charge in [-0.1, -0.05) is 18.2 Å².